The number of rotatable bonds is 12. The van der Waals surface area contributed by atoms with Gasteiger partial charge in [0.15, 0.2) is 0 Å². The molecule has 1 aliphatic carbocycles. The molecule has 0 unspecified atom stereocenters. The molecule has 3 N–H and O–H groups in total. The van der Waals surface area contributed by atoms with Crippen molar-refractivity contribution in [2.24, 2.45) is 11.8 Å². The van der Waals surface area contributed by atoms with Crippen LogP contribution in [0.5, 0.6) is 0 Å². The molecule has 1 fully saturated rings. The summed E-state index contributed by atoms with van der Waals surface area (Å²) in [5.74, 6) is -1.26. The Hall–Kier alpha value is -1.46. The van der Waals surface area contributed by atoms with E-state index in [1.807, 2.05) is 12.2 Å². The summed E-state index contributed by atoms with van der Waals surface area (Å²) in [7, 11) is 0. The maximum Gasteiger partial charge on any atom is 0.303 e. The first kappa shape index (κ1) is 21.6. The third-order valence-electron chi connectivity index (χ3n) is 4.71. The van der Waals surface area contributed by atoms with Crippen LogP contribution in [0.2, 0.25) is 0 Å². The first-order valence-electron chi connectivity index (χ1n) is 9.39. The van der Waals surface area contributed by atoms with Crippen LogP contribution < -0.4 is 0 Å². The summed E-state index contributed by atoms with van der Waals surface area (Å²) >= 11 is 0. The highest BCUT2D eigenvalue weighted by atomic mass is 16.4. The van der Waals surface area contributed by atoms with Crippen LogP contribution in [0.4, 0.5) is 0 Å². The van der Waals surface area contributed by atoms with E-state index in [-0.39, 0.29) is 30.5 Å². The lowest BCUT2D eigenvalue weighted by Crippen LogP contribution is -2.18. The van der Waals surface area contributed by atoms with Gasteiger partial charge in [-0.25, -0.2) is 0 Å². The van der Waals surface area contributed by atoms with E-state index in [1.165, 1.54) is 0 Å². The molecule has 0 radical (unpaired) electrons. The number of Topliss-reactive ketones (excluding diaryl/α,β-unsaturated/α-hetero) is 1. The predicted molar refractivity (Wildman–Crippen MR) is 97.1 cm³/mol. The van der Waals surface area contributed by atoms with Gasteiger partial charge in [0.2, 0.25) is 0 Å². The van der Waals surface area contributed by atoms with Crippen LogP contribution in [0.25, 0.3) is 0 Å². The first-order valence-corrected chi connectivity index (χ1v) is 9.39. The highest BCUT2D eigenvalue weighted by Crippen LogP contribution is 2.33. The van der Waals surface area contributed by atoms with E-state index in [0.717, 1.165) is 19.3 Å². The fraction of sp³-hybridized carbons (Fsp3) is 0.700. The molecule has 5 heteroatoms. The molecule has 0 saturated heterocycles. The van der Waals surface area contributed by atoms with Crippen molar-refractivity contribution in [3.05, 3.63) is 24.3 Å². The van der Waals surface area contributed by atoms with E-state index >= 15 is 0 Å². The fourth-order valence-electron chi connectivity index (χ4n) is 3.22. The maximum atomic E-state index is 12.1. The van der Waals surface area contributed by atoms with Crippen molar-refractivity contribution < 1.29 is 24.9 Å². The molecule has 5 nitrogen and oxygen atoms in total. The van der Waals surface area contributed by atoms with E-state index < -0.39 is 18.2 Å². The number of aliphatic hydroxyl groups is 2. The Morgan fingerprint density at radius 3 is 2.72 bits per heavy atom. The van der Waals surface area contributed by atoms with Crippen LogP contribution in [0.15, 0.2) is 24.3 Å². The third kappa shape index (κ3) is 8.45. The van der Waals surface area contributed by atoms with Crippen molar-refractivity contribution in [3.63, 3.8) is 0 Å². The summed E-state index contributed by atoms with van der Waals surface area (Å²) in [5.41, 5.74) is 0. The van der Waals surface area contributed by atoms with Crippen molar-refractivity contribution in [1.29, 1.82) is 0 Å². The van der Waals surface area contributed by atoms with Gasteiger partial charge in [-0.05, 0) is 25.7 Å². The topological polar surface area (TPSA) is 94.8 Å². The van der Waals surface area contributed by atoms with Crippen LogP contribution in [0, 0.1) is 11.8 Å². The Morgan fingerprint density at radius 1 is 1.28 bits per heavy atom. The summed E-state index contributed by atoms with van der Waals surface area (Å²) in [6.07, 6.45) is 12.1. The van der Waals surface area contributed by atoms with Gasteiger partial charge in [-0.3, -0.25) is 9.59 Å². The van der Waals surface area contributed by atoms with Gasteiger partial charge in [-0.15, -0.1) is 0 Å². The molecule has 0 bridgehead atoms. The van der Waals surface area contributed by atoms with Gasteiger partial charge in [0.05, 0.1) is 12.2 Å². The third-order valence-corrected chi connectivity index (χ3v) is 4.71. The molecule has 0 aromatic heterocycles. The molecule has 1 saturated carbocycles. The Morgan fingerprint density at radius 2 is 2.04 bits per heavy atom. The molecule has 0 heterocycles. The molecule has 0 aromatic carbocycles. The van der Waals surface area contributed by atoms with Crippen molar-refractivity contribution in [3.8, 4) is 0 Å². The van der Waals surface area contributed by atoms with Gasteiger partial charge in [-0.1, -0.05) is 50.5 Å². The van der Waals surface area contributed by atoms with Gasteiger partial charge in [-0.2, -0.15) is 0 Å². The number of carbonyl (C=O) groups excluding carboxylic acids is 1. The normalized spacial score (nSPS) is 25.2. The molecule has 1 aliphatic rings. The van der Waals surface area contributed by atoms with Crippen LogP contribution in [0.1, 0.15) is 64.7 Å². The minimum absolute atomic E-state index is 0.0535. The molecule has 4 atom stereocenters. The standard InChI is InChI=1S/C20H32O5/c1-2-3-6-9-15(21)12-13-17-16(18(22)14-19(17)23)10-7-4-5-8-11-20(24)25/h4,7,12-13,15-17,19,21,23H,2-3,5-6,8-11,14H2,1H3,(H,24,25)/b7-4+,13-12+/t15-,16+,17-,19-/m0/s1. The zero-order valence-corrected chi connectivity index (χ0v) is 15.1. The predicted octanol–water partition coefficient (Wildman–Crippen LogP) is 3.25. The van der Waals surface area contributed by atoms with Crippen molar-refractivity contribution in [2.45, 2.75) is 76.9 Å². The summed E-state index contributed by atoms with van der Waals surface area (Å²) < 4.78 is 0. The van der Waals surface area contributed by atoms with Gasteiger partial charge >= 0.3 is 5.97 Å². The zero-order valence-electron chi connectivity index (χ0n) is 15.1. The summed E-state index contributed by atoms with van der Waals surface area (Å²) in [6, 6.07) is 0. The minimum Gasteiger partial charge on any atom is -0.481 e. The number of allylic oxidation sites excluding steroid dienone is 2. The van der Waals surface area contributed by atoms with E-state index in [4.69, 9.17) is 5.11 Å². The SMILES string of the molecule is CCCCC[C@H](O)/C=C/[C@@H]1[C@@H](O)CC(=O)[C@@H]1C/C=C/CCCC(=O)O. The lowest BCUT2D eigenvalue weighted by molar-refractivity contribution is -0.137. The Balaban J connectivity index is 2.48. The second-order valence-corrected chi connectivity index (χ2v) is 6.86. The lowest BCUT2D eigenvalue weighted by atomic mass is 9.90. The zero-order chi connectivity index (χ0) is 18.7. The molecule has 0 aromatic rings. The number of hydrogen-bond acceptors (Lipinski definition) is 4. The highest BCUT2D eigenvalue weighted by Gasteiger charge is 2.39. The van der Waals surface area contributed by atoms with Gasteiger partial charge in [0, 0.05) is 24.7 Å². The summed E-state index contributed by atoms with van der Waals surface area (Å²) in [4.78, 5) is 22.5. The molecule has 0 spiro atoms. The van der Waals surface area contributed by atoms with Gasteiger partial charge in [0.25, 0.3) is 0 Å². The monoisotopic (exact) mass is 352 g/mol. The second kappa shape index (κ2) is 12.0. The van der Waals surface area contributed by atoms with Crippen molar-refractivity contribution >= 4 is 11.8 Å². The van der Waals surface area contributed by atoms with E-state index in [0.29, 0.717) is 25.7 Å². The number of aliphatic carboxylic acids is 1. The number of unbranched alkanes of at least 4 members (excludes halogenated alkanes) is 3. The van der Waals surface area contributed by atoms with E-state index in [2.05, 4.69) is 6.92 Å². The molecule has 0 aliphatic heterocycles. The molecular weight excluding hydrogens is 320 g/mol. The van der Waals surface area contributed by atoms with E-state index in [9.17, 15) is 19.8 Å². The largest absolute Gasteiger partial charge is 0.481 e. The Bertz CT molecular complexity index is 469. The number of hydrogen-bond donors (Lipinski definition) is 3. The number of aliphatic hydroxyl groups excluding tert-OH is 2. The molecule has 0 amide bonds. The van der Waals surface area contributed by atoms with Gasteiger partial charge < -0.3 is 15.3 Å². The second-order valence-electron chi connectivity index (χ2n) is 6.86. The summed E-state index contributed by atoms with van der Waals surface area (Å²) in [6.45, 7) is 2.11. The smallest absolute Gasteiger partial charge is 0.303 e. The lowest BCUT2D eigenvalue weighted by Gasteiger charge is -2.16. The minimum atomic E-state index is -0.801. The van der Waals surface area contributed by atoms with Crippen LogP contribution in [-0.2, 0) is 9.59 Å². The van der Waals surface area contributed by atoms with Crippen LogP contribution >= 0.6 is 0 Å². The van der Waals surface area contributed by atoms with Crippen molar-refractivity contribution in [1.82, 2.24) is 0 Å². The van der Waals surface area contributed by atoms with E-state index in [1.54, 1.807) is 12.2 Å². The highest BCUT2D eigenvalue weighted by molar-refractivity contribution is 5.84. The molecular formula is C20H32O5. The van der Waals surface area contributed by atoms with Crippen molar-refractivity contribution in [2.75, 3.05) is 0 Å². The first-order chi connectivity index (χ1) is 12.0. The Kier molecular flexibility index (Phi) is 10.3. The molecule has 142 valence electrons. The maximum absolute atomic E-state index is 12.1. The fourth-order valence-corrected chi connectivity index (χ4v) is 3.22. The van der Waals surface area contributed by atoms with Crippen LogP contribution in [0.3, 0.4) is 0 Å². The number of ketones is 1. The van der Waals surface area contributed by atoms with Crippen LogP contribution in [-0.4, -0.2) is 39.3 Å². The summed E-state index contributed by atoms with van der Waals surface area (Å²) in [5, 5.41) is 28.7. The molecule has 25 heavy (non-hydrogen) atoms. The molecule has 1 rings (SSSR count). The van der Waals surface area contributed by atoms with Gasteiger partial charge in [0.1, 0.15) is 5.78 Å². The average molecular weight is 352 g/mol. The quantitative estimate of drug-likeness (QED) is 0.370. The number of carbonyl (C=O) groups is 2. The average Bonchev–Trinajstić information content (AvgIpc) is 2.82. The number of carboxylic acid groups (broad SMARTS) is 1. The number of carboxylic acids is 1. The Labute approximate surface area is 150 Å².